The van der Waals surface area contributed by atoms with Crippen LogP contribution in [0.15, 0.2) is 0 Å². The maximum Gasteiger partial charge on any atom is 0.220 e. The van der Waals surface area contributed by atoms with Crippen molar-refractivity contribution >= 4 is 5.91 Å². The molecule has 1 amide bonds. The van der Waals surface area contributed by atoms with Crippen molar-refractivity contribution in [2.45, 2.75) is 70.8 Å². The summed E-state index contributed by atoms with van der Waals surface area (Å²) in [6.45, 7) is 4.77. The molecule has 0 aromatic rings. The molecule has 1 fully saturated rings. The van der Waals surface area contributed by atoms with Crippen LogP contribution >= 0.6 is 0 Å². The molecule has 0 aromatic carbocycles. The Balaban J connectivity index is 2.21. The Bertz CT molecular complexity index is 230. The number of carbonyl (C=O) groups is 1. The van der Waals surface area contributed by atoms with Gasteiger partial charge in [0.2, 0.25) is 5.91 Å². The van der Waals surface area contributed by atoms with Crippen molar-refractivity contribution in [2.75, 3.05) is 6.54 Å². The highest BCUT2D eigenvalue weighted by Gasteiger charge is 2.34. The van der Waals surface area contributed by atoms with Crippen molar-refractivity contribution in [3.63, 3.8) is 0 Å². The first-order valence-electron chi connectivity index (χ1n) is 7.08. The maximum atomic E-state index is 11.8. The fraction of sp³-hybridized carbons (Fsp3) is 0.929. The third-order valence-electron chi connectivity index (χ3n) is 3.77. The summed E-state index contributed by atoms with van der Waals surface area (Å²) < 4.78 is 0. The molecule has 17 heavy (non-hydrogen) atoms. The Hall–Kier alpha value is -0.570. The third-order valence-corrected chi connectivity index (χ3v) is 3.77. The monoisotopic (exact) mass is 241 g/mol. The van der Waals surface area contributed by atoms with Gasteiger partial charge in [-0.05, 0) is 25.2 Å². The minimum Gasteiger partial charge on any atom is -0.388 e. The van der Waals surface area contributed by atoms with Gasteiger partial charge in [-0.15, -0.1) is 0 Å². The summed E-state index contributed by atoms with van der Waals surface area (Å²) in [6, 6.07) is 0. The summed E-state index contributed by atoms with van der Waals surface area (Å²) in [6.07, 6.45) is 7.92. The molecule has 1 aliphatic rings. The lowest BCUT2D eigenvalue weighted by Crippen LogP contribution is -2.48. The zero-order valence-electron chi connectivity index (χ0n) is 11.3. The molecule has 0 unspecified atom stereocenters. The number of amides is 1. The lowest BCUT2D eigenvalue weighted by molar-refractivity contribution is -0.124. The Morgan fingerprint density at radius 2 is 1.88 bits per heavy atom. The van der Waals surface area contributed by atoms with Gasteiger partial charge in [-0.2, -0.15) is 0 Å². The van der Waals surface area contributed by atoms with Crippen molar-refractivity contribution in [3.05, 3.63) is 0 Å². The molecule has 1 rings (SSSR count). The minimum atomic E-state index is -0.597. The van der Waals surface area contributed by atoms with Crippen LogP contribution in [0.5, 0.6) is 0 Å². The van der Waals surface area contributed by atoms with E-state index in [0.29, 0.717) is 18.9 Å². The average molecular weight is 241 g/mol. The zero-order valence-corrected chi connectivity index (χ0v) is 11.3. The summed E-state index contributed by atoms with van der Waals surface area (Å²) in [5.74, 6) is 0.623. The summed E-state index contributed by atoms with van der Waals surface area (Å²) in [7, 11) is 0. The van der Waals surface area contributed by atoms with Gasteiger partial charge in [0, 0.05) is 13.0 Å². The zero-order chi connectivity index (χ0) is 12.7. The predicted molar refractivity (Wildman–Crippen MR) is 69.7 cm³/mol. The molecule has 2 N–H and O–H groups in total. The molecule has 0 bridgehead atoms. The molecule has 3 nitrogen and oxygen atoms in total. The van der Waals surface area contributed by atoms with Crippen LogP contribution in [0.1, 0.15) is 65.2 Å². The normalized spacial score (nSPS) is 17.9. The Labute approximate surface area is 105 Å². The lowest BCUT2D eigenvalue weighted by Gasteiger charge is -2.36. The first-order valence-corrected chi connectivity index (χ1v) is 7.08. The van der Waals surface area contributed by atoms with Gasteiger partial charge in [-0.1, -0.05) is 39.5 Å². The second-order valence-corrected chi connectivity index (χ2v) is 5.50. The number of aliphatic hydroxyl groups is 1. The SMILES string of the molecule is CCCC(CCC)CC(=O)NCC1(O)CCC1. The molecule has 0 spiro atoms. The number of hydrogen-bond donors (Lipinski definition) is 2. The number of carbonyl (C=O) groups excluding carboxylic acids is 1. The van der Waals surface area contributed by atoms with E-state index in [0.717, 1.165) is 44.9 Å². The standard InChI is InChI=1S/C14H27NO2/c1-3-6-12(7-4-2)10-13(16)15-11-14(17)8-5-9-14/h12,17H,3-11H2,1-2H3,(H,15,16). The Kier molecular flexibility index (Phi) is 5.96. The molecule has 0 aliphatic heterocycles. The molecule has 0 saturated heterocycles. The van der Waals surface area contributed by atoms with Crippen LogP contribution in [-0.4, -0.2) is 23.2 Å². The minimum absolute atomic E-state index is 0.109. The molecule has 0 atom stereocenters. The Morgan fingerprint density at radius 3 is 2.29 bits per heavy atom. The van der Waals surface area contributed by atoms with Gasteiger partial charge < -0.3 is 10.4 Å². The smallest absolute Gasteiger partial charge is 0.220 e. The molecular formula is C14H27NO2. The molecule has 0 radical (unpaired) electrons. The van der Waals surface area contributed by atoms with Crippen molar-refractivity contribution in [1.82, 2.24) is 5.32 Å². The van der Waals surface area contributed by atoms with E-state index in [9.17, 15) is 9.90 Å². The second kappa shape index (κ2) is 7.00. The van der Waals surface area contributed by atoms with Crippen molar-refractivity contribution in [3.8, 4) is 0 Å². The van der Waals surface area contributed by atoms with Crippen molar-refractivity contribution < 1.29 is 9.90 Å². The molecule has 1 aliphatic carbocycles. The maximum absolute atomic E-state index is 11.8. The molecule has 0 aromatic heterocycles. The molecular weight excluding hydrogens is 214 g/mol. The summed E-state index contributed by atoms with van der Waals surface area (Å²) in [4.78, 5) is 11.8. The molecule has 100 valence electrons. The highest BCUT2D eigenvalue weighted by Crippen LogP contribution is 2.30. The predicted octanol–water partition coefficient (Wildman–Crippen LogP) is 2.62. The van der Waals surface area contributed by atoms with Crippen LogP contribution in [-0.2, 0) is 4.79 Å². The van der Waals surface area contributed by atoms with Crippen molar-refractivity contribution in [1.29, 1.82) is 0 Å². The van der Waals surface area contributed by atoms with Gasteiger partial charge in [0.15, 0.2) is 0 Å². The number of nitrogens with one attached hydrogen (secondary N) is 1. The van der Waals surface area contributed by atoms with Gasteiger partial charge >= 0.3 is 0 Å². The lowest BCUT2D eigenvalue weighted by atomic mass is 9.80. The molecule has 0 heterocycles. The van der Waals surface area contributed by atoms with Gasteiger partial charge in [-0.25, -0.2) is 0 Å². The molecule has 3 heteroatoms. The third kappa shape index (κ3) is 5.07. The second-order valence-electron chi connectivity index (χ2n) is 5.50. The first-order chi connectivity index (χ1) is 8.09. The Morgan fingerprint density at radius 1 is 1.29 bits per heavy atom. The fourth-order valence-corrected chi connectivity index (χ4v) is 2.52. The van der Waals surface area contributed by atoms with Gasteiger partial charge in [0.05, 0.1) is 5.60 Å². The highest BCUT2D eigenvalue weighted by molar-refractivity contribution is 5.76. The van der Waals surface area contributed by atoms with E-state index in [1.807, 2.05) is 0 Å². The topological polar surface area (TPSA) is 49.3 Å². The fourth-order valence-electron chi connectivity index (χ4n) is 2.52. The van der Waals surface area contributed by atoms with E-state index >= 15 is 0 Å². The molecule has 1 saturated carbocycles. The number of hydrogen-bond acceptors (Lipinski definition) is 2. The van der Waals surface area contributed by atoms with E-state index < -0.39 is 5.60 Å². The summed E-state index contributed by atoms with van der Waals surface area (Å²) >= 11 is 0. The first kappa shape index (κ1) is 14.5. The van der Waals surface area contributed by atoms with Crippen LogP contribution in [0.3, 0.4) is 0 Å². The summed E-state index contributed by atoms with van der Waals surface area (Å²) in [5, 5.41) is 12.8. The highest BCUT2D eigenvalue weighted by atomic mass is 16.3. The van der Waals surface area contributed by atoms with Crippen molar-refractivity contribution in [2.24, 2.45) is 5.92 Å². The van der Waals surface area contributed by atoms with E-state index in [1.165, 1.54) is 0 Å². The van der Waals surface area contributed by atoms with E-state index in [-0.39, 0.29) is 5.91 Å². The van der Waals surface area contributed by atoms with Gasteiger partial charge in [0.1, 0.15) is 0 Å². The van der Waals surface area contributed by atoms with Crippen LogP contribution in [0.25, 0.3) is 0 Å². The number of rotatable bonds is 8. The van der Waals surface area contributed by atoms with Crippen LogP contribution < -0.4 is 5.32 Å². The summed E-state index contributed by atoms with van der Waals surface area (Å²) in [5.41, 5.74) is -0.597. The average Bonchev–Trinajstić information content (AvgIpc) is 2.24. The van der Waals surface area contributed by atoms with E-state index in [1.54, 1.807) is 0 Å². The van der Waals surface area contributed by atoms with Gasteiger partial charge in [0.25, 0.3) is 0 Å². The van der Waals surface area contributed by atoms with Crippen LogP contribution in [0, 0.1) is 5.92 Å². The van der Waals surface area contributed by atoms with E-state index in [4.69, 9.17) is 0 Å². The van der Waals surface area contributed by atoms with Crippen LogP contribution in [0.4, 0.5) is 0 Å². The largest absolute Gasteiger partial charge is 0.388 e. The van der Waals surface area contributed by atoms with Gasteiger partial charge in [-0.3, -0.25) is 4.79 Å². The van der Waals surface area contributed by atoms with E-state index in [2.05, 4.69) is 19.2 Å². The van der Waals surface area contributed by atoms with Crippen LogP contribution in [0.2, 0.25) is 0 Å². The quantitative estimate of drug-likeness (QED) is 0.686.